The fourth-order valence-corrected chi connectivity index (χ4v) is 4.15. The Bertz CT molecular complexity index is 808. The number of ether oxygens (including phenoxy) is 1. The minimum Gasteiger partial charge on any atom is -0.459 e. The fraction of sp³-hybridized carbons (Fsp3) is 0.812. The molecule has 0 saturated heterocycles. The zero-order chi connectivity index (χ0) is 26.9. The minimum absolute atomic E-state index is 0.0486. The van der Waals surface area contributed by atoms with Gasteiger partial charge in [-0.15, -0.1) is 0 Å². The molecule has 0 rings (SSSR count). The second-order valence-electron chi connectivity index (χ2n) is 7.20. The van der Waals surface area contributed by atoms with Crippen LogP contribution in [0.25, 0.3) is 4.13 Å². The molecule has 0 saturated carbocycles. The molecule has 0 heterocycles. The second kappa shape index (κ2) is 12.9. The van der Waals surface area contributed by atoms with Crippen LogP contribution in [0.4, 0.5) is 26.3 Å². The topological polar surface area (TPSA) is 129 Å². The van der Waals surface area contributed by atoms with Crippen LogP contribution in [0.5, 0.6) is 0 Å². The number of hydrogen-bond acceptors (Lipinski definition) is 7. The lowest BCUT2D eigenvalue weighted by Crippen LogP contribution is -2.50. The van der Waals surface area contributed by atoms with Crippen molar-refractivity contribution in [1.82, 2.24) is 0 Å². The van der Waals surface area contributed by atoms with Crippen molar-refractivity contribution in [2.75, 3.05) is 33.3 Å². The number of sulfonamides is 2. The highest BCUT2D eigenvalue weighted by Crippen LogP contribution is 2.36. The van der Waals surface area contributed by atoms with E-state index < -0.39 is 43.1 Å². The zero-order valence-electron chi connectivity index (χ0n) is 18.4. The van der Waals surface area contributed by atoms with Gasteiger partial charge in [-0.05, 0) is 19.8 Å². The van der Waals surface area contributed by atoms with Crippen LogP contribution in [-0.2, 0) is 29.6 Å². The summed E-state index contributed by atoms with van der Waals surface area (Å²) in [5.41, 5.74) is -12.0. The molecule has 0 aromatic heterocycles. The van der Waals surface area contributed by atoms with Gasteiger partial charge < -0.3 is 18.5 Å². The molecule has 0 radical (unpaired) electrons. The summed E-state index contributed by atoms with van der Waals surface area (Å²) in [5.74, 6) is -0.436. The van der Waals surface area contributed by atoms with E-state index in [1.165, 1.54) is 0 Å². The van der Waals surface area contributed by atoms with E-state index in [2.05, 4.69) is 27.5 Å². The molecule has 0 fully saturated rings. The standard InChI is InChI=1S/C14H28NO3.C2F6NO4S2/c1-6-8-15(5,9-7-2)10-13(16)11-18-14(17)12(3)4;3-1(4,5)14(10,11)9-15(12,13)2(6,7)8/h13,16H,3,6-11H2,1-2,4-5H3;/q+1;-1. The van der Waals surface area contributed by atoms with Crippen LogP contribution in [0.3, 0.4) is 0 Å². The zero-order valence-corrected chi connectivity index (χ0v) is 20.0. The van der Waals surface area contributed by atoms with Crippen molar-refractivity contribution in [3.63, 3.8) is 0 Å². The number of likely N-dealkylation sites (N-methyl/N-ethyl adjacent to an activating group) is 1. The smallest absolute Gasteiger partial charge is 0.459 e. The van der Waals surface area contributed by atoms with E-state index in [9.17, 15) is 53.1 Å². The molecule has 0 spiro atoms. The van der Waals surface area contributed by atoms with Crippen molar-refractivity contribution >= 4 is 26.0 Å². The molecule has 0 aliphatic carbocycles. The summed E-state index contributed by atoms with van der Waals surface area (Å²) < 4.78 is 115. The van der Waals surface area contributed by atoms with Crippen LogP contribution in [0.1, 0.15) is 33.6 Å². The summed E-state index contributed by atoms with van der Waals surface area (Å²) in [5, 5.41) is 9.95. The van der Waals surface area contributed by atoms with E-state index in [0.717, 1.165) is 34.5 Å². The minimum atomic E-state index is -6.72. The summed E-state index contributed by atoms with van der Waals surface area (Å²) >= 11 is 0. The quantitative estimate of drug-likeness (QED) is 0.185. The average Bonchev–Trinajstić information content (AvgIpc) is 2.57. The van der Waals surface area contributed by atoms with Crippen LogP contribution in [-0.4, -0.2) is 82.8 Å². The molecular formula is C16H28F6N2O7S2. The number of carbonyl (C=O) groups excluding carboxylic acids is 1. The van der Waals surface area contributed by atoms with Crippen molar-refractivity contribution in [3.8, 4) is 0 Å². The van der Waals surface area contributed by atoms with Gasteiger partial charge in [-0.25, -0.2) is 21.6 Å². The number of halogens is 6. The fourth-order valence-electron chi connectivity index (χ4n) is 2.44. The van der Waals surface area contributed by atoms with Crippen molar-refractivity contribution in [2.24, 2.45) is 0 Å². The van der Waals surface area contributed by atoms with Gasteiger partial charge in [0.1, 0.15) is 19.3 Å². The largest absolute Gasteiger partial charge is 0.480 e. The number of aliphatic hydroxyl groups excluding tert-OH is 1. The highest BCUT2D eigenvalue weighted by atomic mass is 32.3. The van der Waals surface area contributed by atoms with Gasteiger partial charge in [-0.2, -0.15) is 26.3 Å². The van der Waals surface area contributed by atoms with Crippen LogP contribution in [0.2, 0.25) is 0 Å². The molecule has 9 nitrogen and oxygen atoms in total. The molecule has 0 amide bonds. The summed E-state index contributed by atoms with van der Waals surface area (Å²) in [4.78, 5) is 11.2. The van der Waals surface area contributed by atoms with Crippen LogP contribution in [0.15, 0.2) is 12.2 Å². The molecule has 0 aliphatic heterocycles. The SMILES string of the molecule is C=C(C)C(=O)OCC(O)C[N+](C)(CCC)CCC.O=S(=O)([N-]S(=O)(=O)C(F)(F)F)C(F)(F)F. The number of nitrogens with zero attached hydrogens (tertiary/aromatic N) is 2. The summed E-state index contributed by atoms with van der Waals surface area (Å²) in [6.07, 6.45) is 1.54. The molecule has 198 valence electrons. The predicted molar refractivity (Wildman–Crippen MR) is 106 cm³/mol. The maximum absolute atomic E-state index is 11.4. The molecule has 17 heteroatoms. The Kier molecular flexibility index (Phi) is 13.2. The number of esters is 1. The van der Waals surface area contributed by atoms with Gasteiger partial charge >= 0.3 is 17.0 Å². The van der Waals surface area contributed by atoms with Gasteiger partial charge in [0.25, 0.3) is 0 Å². The Morgan fingerprint density at radius 3 is 1.64 bits per heavy atom. The highest BCUT2D eigenvalue weighted by molar-refractivity contribution is 8.13. The molecule has 0 aliphatic rings. The van der Waals surface area contributed by atoms with Crippen LogP contribution in [0, 0.1) is 0 Å². The Labute approximate surface area is 189 Å². The third-order valence-electron chi connectivity index (χ3n) is 3.71. The Balaban J connectivity index is 0. The number of carbonyl (C=O) groups is 1. The molecule has 33 heavy (non-hydrogen) atoms. The predicted octanol–water partition coefficient (Wildman–Crippen LogP) is 2.79. The van der Waals surface area contributed by atoms with E-state index in [4.69, 9.17) is 4.74 Å². The van der Waals surface area contributed by atoms with E-state index in [1.807, 2.05) is 0 Å². The van der Waals surface area contributed by atoms with Crippen molar-refractivity contribution < 1.29 is 62.3 Å². The normalized spacial score (nSPS) is 14.2. The lowest BCUT2D eigenvalue weighted by molar-refractivity contribution is -0.912. The lowest BCUT2D eigenvalue weighted by Gasteiger charge is -2.35. The number of hydrogen-bond donors (Lipinski definition) is 1. The monoisotopic (exact) mass is 538 g/mol. The number of rotatable bonds is 11. The first kappa shape index (κ1) is 33.7. The summed E-state index contributed by atoms with van der Waals surface area (Å²) in [7, 11) is -11.3. The number of quaternary nitrogens is 1. The van der Waals surface area contributed by atoms with Gasteiger partial charge in [-0.3, -0.25) is 0 Å². The summed E-state index contributed by atoms with van der Waals surface area (Å²) in [6.45, 7) is 12.1. The third kappa shape index (κ3) is 12.6. The van der Waals surface area contributed by atoms with E-state index in [-0.39, 0.29) is 6.61 Å². The first-order chi connectivity index (χ1) is 14.5. The van der Waals surface area contributed by atoms with Crippen LogP contribution < -0.4 is 0 Å². The molecule has 0 aromatic carbocycles. The average molecular weight is 539 g/mol. The van der Waals surface area contributed by atoms with Gasteiger partial charge in [0.2, 0.25) is 0 Å². The van der Waals surface area contributed by atoms with E-state index >= 15 is 0 Å². The molecular weight excluding hydrogens is 510 g/mol. The molecule has 0 bridgehead atoms. The van der Waals surface area contributed by atoms with Crippen molar-refractivity contribution in [2.45, 2.75) is 50.7 Å². The highest BCUT2D eigenvalue weighted by Gasteiger charge is 2.46. The third-order valence-corrected chi connectivity index (χ3v) is 6.45. The maximum atomic E-state index is 11.4. The van der Waals surface area contributed by atoms with E-state index in [1.54, 1.807) is 6.92 Å². The molecule has 1 unspecified atom stereocenters. The van der Waals surface area contributed by atoms with Crippen molar-refractivity contribution in [1.29, 1.82) is 0 Å². The Hall–Kier alpha value is -1.43. The Morgan fingerprint density at radius 1 is 1.00 bits per heavy atom. The van der Waals surface area contributed by atoms with Crippen LogP contribution >= 0.6 is 0 Å². The first-order valence-corrected chi connectivity index (χ1v) is 12.1. The van der Waals surface area contributed by atoms with Gasteiger partial charge in [0, 0.05) is 5.57 Å². The molecule has 0 aromatic rings. The maximum Gasteiger partial charge on any atom is 0.480 e. The van der Waals surface area contributed by atoms with Crippen molar-refractivity contribution in [3.05, 3.63) is 16.3 Å². The van der Waals surface area contributed by atoms with Gasteiger partial charge in [0.05, 0.1) is 20.1 Å². The van der Waals surface area contributed by atoms with Gasteiger partial charge in [0.15, 0.2) is 20.0 Å². The van der Waals surface area contributed by atoms with E-state index in [0.29, 0.717) is 12.1 Å². The second-order valence-corrected chi connectivity index (χ2v) is 10.6. The lowest BCUT2D eigenvalue weighted by atomic mass is 10.2. The molecule has 1 atom stereocenters. The molecule has 1 N–H and O–H groups in total. The number of aliphatic hydroxyl groups is 1. The Morgan fingerprint density at radius 2 is 1.36 bits per heavy atom. The first-order valence-electron chi connectivity index (χ1n) is 9.26. The van der Waals surface area contributed by atoms with Gasteiger partial charge in [-0.1, -0.05) is 20.4 Å². The number of alkyl halides is 6. The summed E-state index contributed by atoms with van der Waals surface area (Å²) in [6, 6.07) is 0.